The summed E-state index contributed by atoms with van der Waals surface area (Å²) in [5.41, 5.74) is 1.59. The van der Waals surface area contributed by atoms with Gasteiger partial charge in [0.1, 0.15) is 6.73 Å². The number of fused-ring (bicyclic) bond motifs is 2. The van der Waals surface area contributed by atoms with Gasteiger partial charge in [0.2, 0.25) is 0 Å². The van der Waals surface area contributed by atoms with Crippen LogP contribution in [0.15, 0.2) is 42.5 Å². The Balaban J connectivity index is 1.37. The van der Waals surface area contributed by atoms with E-state index in [2.05, 4.69) is 72.6 Å². The van der Waals surface area contributed by atoms with Crippen LogP contribution in [-0.2, 0) is 23.6 Å². The maximum Gasteiger partial charge on any atom is 0.476 e. The summed E-state index contributed by atoms with van der Waals surface area (Å²) in [5.74, 6) is 1.95. The van der Waals surface area contributed by atoms with E-state index in [-0.39, 0.29) is 12.1 Å². The van der Waals surface area contributed by atoms with Crippen molar-refractivity contribution in [1.82, 2.24) is 4.90 Å². The minimum Gasteiger partial charge on any atom is -0.287 e. The van der Waals surface area contributed by atoms with E-state index in [1.54, 1.807) is 0 Å². The fourth-order valence-electron chi connectivity index (χ4n) is 4.38. The highest BCUT2D eigenvalue weighted by molar-refractivity contribution is 7.80. The van der Waals surface area contributed by atoms with Crippen molar-refractivity contribution in [2.45, 2.75) is 24.7 Å². The van der Waals surface area contributed by atoms with Crippen LogP contribution in [0, 0.1) is 5.92 Å². The summed E-state index contributed by atoms with van der Waals surface area (Å²) in [7, 11) is -3.57. The molecule has 0 bridgehead atoms. The third kappa shape index (κ3) is 5.09. The fraction of sp³-hybridized carbons (Fsp3) is 0.545. The molecule has 1 aliphatic carbocycles. The van der Waals surface area contributed by atoms with E-state index < -0.39 is 7.82 Å². The van der Waals surface area contributed by atoms with Gasteiger partial charge < -0.3 is 0 Å². The van der Waals surface area contributed by atoms with Gasteiger partial charge in [0.15, 0.2) is 0 Å². The molecular weight excluding hydrogens is 437 g/mol. The highest BCUT2D eigenvalue weighted by Crippen LogP contribution is 2.60. The Kier molecular flexibility index (Phi) is 7.51. The van der Waals surface area contributed by atoms with E-state index in [0.29, 0.717) is 43.5 Å². The van der Waals surface area contributed by atoms with Gasteiger partial charge in [-0.05, 0) is 53.0 Å². The van der Waals surface area contributed by atoms with E-state index in [4.69, 9.17) is 13.6 Å². The van der Waals surface area contributed by atoms with Crippen LogP contribution in [0.3, 0.4) is 0 Å². The van der Waals surface area contributed by atoms with Gasteiger partial charge in [-0.1, -0.05) is 42.5 Å². The molecule has 1 heterocycles. The Morgan fingerprint density at radius 3 is 2.40 bits per heavy atom. The van der Waals surface area contributed by atoms with Crippen LogP contribution in [0.5, 0.6) is 0 Å². The first kappa shape index (κ1) is 22.7. The molecule has 0 radical (unpaired) electrons. The molecule has 5 nitrogen and oxygen atoms in total. The Labute approximate surface area is 189 Å². The number of rotatable bonds is 12. The zero-order valence-electron chi connectivity index (χ0n) is 17.1. The molecular formula is C22H30NO4PS2. The van der Waals surface area contributed by atoms with Gasteiger partial charge in [0, 0.05) is 18.5 Å². The van der Waals surface area contributed by atoms with Crippen LogP contribution < -0.4 is 0 Å². The largest absolute Gasteiger partial charge is 0.476 e. The molecule has 1 aliphatic heterocycles. The maximum atomic E-state index is 13.0. The van der Waals surface area contributed by atoms with Crippen LogP contribution in [0.4, 0.5) is 0 Å². The van der Waals surface area contributed by atoms with Crippen molar-refractivity contribution in [3.8, 4) is 0 Å². The summed E-state index contributed by atoms with van der Waals surface area (Å²) < 4.78 is 29.6. The molecule has 0 aromatic heterocycles. The van der Waals surface area contributed by atoms with Gasteiger partial charge >= 0.3 is 7.82 Å². The number of nitrogens with zero attached hydrogens (tertiary/aromatic N) is 1. The average molecular weight is 468 g/mol. The van der Waals surface area contributed by atoms with Crippen LogP contribution >= 0.6 is 33.1 Å². The van der Waals surface area contributed by atoms with Crippen LogP contribution in [0.25, 0.3) is 10.8 Å². The lowest BCUT2D eigenvalue weighted by molar-refractivity contribution is 0.0627. The van der Waals surface area contributed by atoms with Crippen LogP contribution in [0.2, 0.25) is 0 Å². The minimum atomic E-state index is -3.57. The van der Waals surface area contributed by atoms with E-state index in [1.165, 1.54) is 22.8 Å². The highest BCUT2D eigenvalue weighted by atomic mass is 32.1. The van der Waals surface area contributed by atoms with Crippen molar-refractivity contribution in [3.63, 3.8) is 0 Å². The summed E-state index contributed by atoms with van der Waals surface area (Å²) in [4.78, 5) is 2.22. The van der Waals surface area contributed by atoms with Crippen molar-refractivity contribution in [1.29, 1.82) is 0 Å². The van der Waals surface area contributed by atoms with Gasteiger partial charge in [-0.3, -0.25) is 18.5 Å². The van der Waals surface area contributed by atoms with Crippen LogP contribution in [-0.4, -0.2) is 49.4 Å². The first-order chi connectivity index (χ1) is 14.6. The number of benzene rings is 2. The standard InChI is InChI=1S/C22H30NO4PS2/c24-28(25-9-3-11-29,26-10-4-12-30)27-17-23-15-21-14-22(21,16-23)20-8-7-18-5-1-2-6-19(18)13-20/h1-2,5-8,13,21,29-30H,3-4,9-12,14-17H2/t21-,22+/m1/s1. The third-order valence-corrected chi connectivity index (χ3v) is 8.10. The number of hydrogen-bond donors (Lipinski definition) is 2. The van der Waals surface area contributed by atoms with E-state index >= 15 is 0 Å². The number of likely N-dealkylation sites (tertiary alicyclic amines) is 1. The Morgan fingerprint density at radius 2 is 1.70 bits per heavy atom. The van der Waals surface area contributed by atoms with Gasteiger partial charge in [0.25, 0.3) is 0 Å². The minimum absolute atomic E-state index is 0.192. The molecule has 0 amide bonds. The average Bonchev–Trinajstić information content (AvgIpc) is 3.34. The summed E-state index contributed by atoms with van der Waals surface area (Å²) in [5, 5.41) is 2.55. The van der Waals surface area contributed by atoms with Crippen molar-refractivity contribution < 1.29 is 18.1 Å². The molecule has 2 atom stereocenters. The Hall–Kier alpha value is -0.530. The molecule has 4 rings (SSSR count). The summed E-state index contributed by atoms with van der Waals surface area (Å²) in [6.45, 7) is 2.73. The molecule has 0 spiro atoms. The molecule has 30 heavy (non-hydrogen) atoms. The normalized spacial score (nSPS) is 23.7. The Bertz CT molecular complexity index is 900. The van der Waals surface area contributed by atoms with Crippen molar-refractivity contribution in [2.75, 3.05) is 44.5 Å². The van der Waals surface area contributed by atoms with Crippen LogP contribution in [0.1, 0.15) is 24.8 Å². The second kappa shape index (κ2) is 9.95. The highest BCUT2D eigenvalue weighted by Gasteiger charge is 2.60. The molecule has 0 unspecified atom stereocenters. The van der Waals surface area contributed by atoms with Gasteiger partial charge in [-0.25, -0.2) is 4.57 Å². The summed E-state index contributed by atoms with van der Waals surface area (Å²) >= 11 is 8.34. The third-order valence-electron chi connectivity index (χ3n) is 6.04. The van der Waals surface area contributed by atoms with E-state index in [9.17, 15) is 4.57 Å². The van der Waals surface area contributed by atoms with Gasteiger partial charge in [0.05, 0.1) is 13.2 Å². The van der Waals surface area contributed by atoms with Crippen molar-refractivity contribution in [2.24, 2.45) is 5.92 Å². The lowest BCUT2D eigenvalue weighted by atomic mass is 9.93. The zero-order valence-corrected chi connectivity index (χ0v) is 19.8. The summed E-state index contributed by atoms with van der Waals surface area (Å²) in [6.07, 6.45) is 2.60. The molecule has 2 aromatic carbocycles. The van der Waals surface area contributed by atoms with E-state index in [1.807, 2.05) is 0 Å². The van der Waals surface area contributed by atoms with Crippen molar-refractivity contribution in [3.05, 3.63) is 48.0 Å². The number of thiol groups is 2. The predicted octanol–water partition coefficient (Wildman–Crippen LogP) is 5.17. The topological polar surface area (TPSA) is 48.0 Å². The van der Waals surface area contributed by atoms with E-state index in [0.717, 1.165) is 13.1 Å². The second-order valence-corrected chi connectivity index (χ2v) is 10.7. The molecule has 0 N–H and O–H groups in total. The van der Waals surface area contributed by atoms with Gasteiger partial charge in [-0.2, -0.15) is 25.3 Å². The molecule has 2 aliphatic rings. The first-order valence-corrected chi connectivity index (χ1v) is 13.3. The zero-order chi connectivity index (χ0) is 21.0. The first-order valence-electron chi connectivity index (χ1n) is 10.6. The lowest BCUT2D eigenvalue weighted by Crippen LogP contribution is -2.29. The molecule has 2 fully saturated rings. The monoisotopic (exact) mass is 467 g/mol. The number of phosphoric acid groups is 1. The molecule has 1 saturated carbocycles. The maximum absolute atomic E-state index is 13.0. The van der Waals surface area contributed by atoms with Crippen molar-refractivity contribution >= 4 is 43.9 Å². The smallest absolute Gasteiger partial charge is 0.287 e. The molecule has 1 saturated heterocycles. The predicted molar refractivity (Wildman–Crippen MR) is 128 cm³/mol. The molecule has 8 heteroatoms. The number of phosphoric ester groups is 1. The molecule has 164 valence electrons. The Morgan fingerprint density at radius 1 is 1.00 bits per heavy atom. The quantitative estimate of drug-likeness (QED) is 0.256. The number of piperidine rings is 1. The SMILES string of the molecule is O=P(OCCCS)(OCCCS)OCN1C[C@H]2C[C@@]2(c2ccc3ccccc3c2)C1. The fourth-order valence-corrected chi connectivity index (χ4v) is 5.87. The number of hydrogen-bond acceptors (Lipinski definition) is 7. The molecule has 2 aromatic rings. The van der Waals surface area contributed by atoms with Gasteiger partial charge in [-0.15, -0.1) is 0 Å². The lowest BCUT2D eigenvalue weighted by Gasteiger charge is -2.24. The summed E-state index contributed by atoms with van der Waals surface area (Å²) in [6, 6.07) is 15.3. The second-order valence-electron chi connectivity index (χ2n) is 8.16.